The lowest BCUT2D eigenvalue weighted by atomic mass is 10.2. The molecule has 0 aliphatic carbocycles. The van der Waals surface area contributed by atoms with Crippen LogP contribution >= 0.6 is 23.4 Å². The number of thioether (sulfide) groups is 1. The Morgan fingerprint density at radius 1 is 1.18 bits per heavy atom. The number of nitrogens with one attached hydrogen (secondary N) is 2. The number of aromatic amines is 1. The molecule has 2 aromatic carbocycles. The minimum atomic E-state index is -0.310. The number of carbonyl (C=O) groups excluding carboxylic acids is 1. The second-order valence-corrected chi connectivity index (χ2v) is 7.31. The van der Waals surface area contributed by atoms with Gasteiger partial charge >= 0.3 is 0 Å². The Morgan fingerprint density at radius 2 is 1.86 bits per heavy atom. The third-order valence-corrected chi connectivity index (χ3v) is 5.12. The van der Waals surface area contributed by atoms with Crippen LogP contribution in [0.2, 0.25) is 5.02 Å². The highest BCUT2D eigenvalue weighted by Crippen LogP contribution is 2.33. The number of H-pyrrole nitrogens is 1. The maximum atomic E-state index is 13.2. The zero-order valence-electron chi connectivity index (χ0n) is 15.2. The Labute approximate surface area is 171 Å². The molecule has 2 N–H and O–H groups in total. The maximum absolute atomic E-state index is 13.2. The van der Waals surface area contributed by atoms with Crippen LogP contribution in [0.1, 0.15) is 0 Å². The number of aromatic nitrogens is 2. The molecule has 0 radical (unpaired) electrons. The summed E-state index contributed by atoms with van der Waals surface area (Å²) in [6, 6.07) is 13.4. The van der Waals surface area contributed by atoms with E-state index in [-0.39, 0.29) is 17.5 Å². The zero-order chi connectivity index (χ0) is 19.9. The largest absolute Gasteiger partial charge is 0.383 e. The molecule has 0 unspecified atom stereocenters. The number of rotatable bonds is 8. The van der Waals surface area contributed by atoms with Crippen molar-refractivity contribution in [3.05, 3.63) is 59.4 Å². The van der Waals surface area contributed by atoms with Gasteiger partial charge in [-0.1, -0.05) is 35.5 Å². The van der Waals surface area contributed by atoms with Gasteiger partial charge in [-0.15, -0.1) is 0 Å². The van der Waals surface area contributed by atoms with Crippen LogP contribution in [-0.4, -0.2) is 41.9 Å². The first-order chi connectivity index (χ1) is 13.6. The quantitative estimate of drug-likeness (QED) is 0.419. The first kappa shape index (κ1) is 20.4. The SMILES string of the molecule is COCCNC(=O)CSc1nc(-c2ccc(F)cc2)[nH]c1-c1ccc(Cl)cc1. The molecule has 5 nitrogen and oxygen atoms in total. The van der Waals surface area contributed by atoms with Crippen molar-refractivity contribution in [2.24, 2.45) is 0 Å². The van der Waals surface area contributed by atoms with Crippen molar-refractivity contribution < 1.29 is 13.9 Å². The second-order valence-electron chi connectivity index (χ2n) is 5.91. The van der Waals surface area contributed by atoms with Gasteiger partial charge in [-0.2, -0.15) is 0 Å². The van der Waals surface area contributed by atoms with E-state index in [4.69, 9.17) is 16.3 Å². The highest BCUT2D eigenvalue weighted by molar-refractivity contribution is 8.00. The Morgan fingerprint density at radius 3 is 2.54 bits per heavy atom. The third kappa shape index (κ3) is 5.34. The van der Waals surface area contributed by atoms with Crippen molar-refractivity contribution in [1.82, 2.24) is 15.3 Å². The molecule has 3 rings (SSSR count). The molecule has 0 fully saturated rings. The first-order valence-corrected chi connectivity index (χ1v) is 9.93. The second kappa shape index (κ2) is 9.73. The molecular weight excluding hydrogens is 401 g/mol. The summed E-state index contributed by atoms with van der Waals surface area (Å²) >= 11 is 7.32. The van der Waals surface area contributed by atoms with Crippen LogP contribution in [0.3, 0.4) is 0 Å². The van der Waals surface area contributed by atoms with Gasteiger partial charge in [0.25, 0.3) is 0 Å². The number of carbonyl (C=O) groups is 1. The summed E-state index contributed by atoms with van der Waals surface area (Å²) in [7, 11) is 1.58. The molecule has 146 valence electrons. The number of nitrogens with zero attached hydrogens (tertiary/aromatic N) is 1. The standard InChI is InChI=1S/C20H19ClFN3O2S/c1-27-11-10-23-17(26)12-28-20-18(13-2-6-15(21)7-3-13)24-19(25-20)14-4-8-16(22)9-5-14/h2-9H,10-12H2,1H3,(H,23,26)(H,24,25). The minimum Gasteiger partial charge on any atom is -0.383 e. The highest BCUT2D eigenvalue weighted by atomic mass is 35.5. The van der Waals surface area contributed by atoms with Gasteiger partial charge in [0.05, 0.1) is 18.1 Å². The summed E-state index contributed by atoms with van der Waals surface area (Å²) in [5, 5.41) is 4.10. The minimum absolute atomic E-state index is 0.101. The Hall–Kier alpha value is -2.35. The molecule has 0 bridgehead atoms. The lowest BCUT2D eigenvalue weighted by Gasteiger charge is -2.05. The monoisotopic (exact) mass is 419 g/mol. The fourth-order valence-corrected chi connectivity index (χ4v) is 3.46. The van der Waals surface area contributed by atoms with Gasteiger partial charge in [-0.05, 0) is 36.4 Å². The number of imidazole rings is 1. The Kier molecular flexibility index (Phi) is 7.08. The molecular formula is C20H19ClFN3O2S. The number of hydrogen-bond donors (Lipinski definition) is 2. The average Bonchev–Trinajstić information content (AvgIpc) is 3.12. The van der Waals surface area contributed by atoms with Crippen molar-refractivity contribution in [3.8, 4) is 22.6 Å². The van der Waals surface area contributed by atoms with E-state index in [0.717, 1.165) is 16.8 Å². The number of benzene rings is 2. The smallest absolute Gasteiger partial charge is 0.230 e. The van der Waals surface area contributed by atoms with Crippen LogP contribution in [0, 0.1) is 5.82 Å². The molecule has 8 heteroatoms. The van der Waals surface area contributed by atoms with E-state index in [0.29, 0.717) is 29.0 Å². The molecule has 0 spiro atoms. The summed E-state index contributed by atoms with van der Waals surface area (Å²) in [4.78, 5) is 19.9. The van der Waals surface area contributed by atoms with E-state index in [9.17, 15) is 9.18 Å². The summed E-state index contributed by atoms with van der Waals surface area (Å²) in [6.07, 6.45) is 0. The van der Waals surface area contributed by atoms with Crippen LogP contribution in [-0.2, 0) is 9.53 Å². The van der Waals surface area contributed by atoms with Gasteiger partial charge in [-0.25, -0.2) is 9.37 Å². The fourth-order valence-electron chi connectivity index (χ4n) is 2.50. The first-order valence-electron chi connectivity index (χ1n) is 8.57. The molecule has 0 aliphatic rings. The number of amides is 1. The lowest BCUT2D eigenvalue weighted by molar-refractivity contribution is -0.118. The van der Waals surface area contributed by atoms with Crippen LogP contribution in [0.5, 0.6) is 0 Å². The van der Waals surface area contributed by atoms with Crippen molar-refractivity contribution in [3.63, 3.8) is 0 Å². The molecule has 1 amide bonds. The normalized spacial score (nSPS) is 10.8. The van der Waals surface area contributed by atoms with Crippen LogP contribution in [0.25, 0.3) is 22.6 Å². The van der Waals surface area contributed by atoms with Gasteiger partial charge in [0.1, 0.15) is 16.7 Å². The number of halogens is 2. The van der Waals surface area contributed by atoms with Crippen molar-refractivity contribution in [2.45, 2.75) is 5.03 Å². The van der Waals surface area contributed by atoms with Crippen molar-refractivity contribution in [2.75, 3.05) is 26.0 Å². The van der Waals surface area contributed by atoms with Gasteiger partial charge < -0.3 is 15.0 Å². The van der Waals surface area contributed by atoms with Crippen molar-refractivity contribution >= 4 is 29.3 Å². The van der Waals surface area contributed by atoms with Gasteiger partial charge in [0.15, 0.2) is 0 Å². The third-order valence-electron chi connectivity index (χ3n) is 3.89. The summed E-state index contributed by atoms with van der Waals surface area (Å²) < 4.78 is 18.2. The average molecular weight is 420 g/mol. The molecule has 3 aromatic rings. The predicted octanol–water partition coefficient (Wildman–Crippen LogP) is 4.39. The van der Waals surface area contributed by atoms with Gasteiger partial charge in [0.2, 0.25) is 5.91 Å². The molecule has 28 heavy (non-hydrogen) atoms. The Bertz CT molecular complexity index is 930. The lowest BCUT2D eigenvalue weighted by Crippen LogP contribution is -2.28. The highest BCUT2D eigenvalue weighted by Gasteiger charge is 2.15. The van der Waals surface area contributed by atoms with E-state index in [1.807, 2.05) is 12.1 Å². The van der Waals surface area contributed by atoms with E-state index in [1.165, 1.54) is 23.9 Å². The molecule has 0 atom stereocenters. The predicted molar refractivity (Wildman–Crippen MR) is 110 cm³/mol. The van der Waals surface area contributed by atoms with E-state index in [2.05, 4.69) is 15.3 Å². The summed E-state index contributed by atoms with van der Waals surface area (Å²) in [5.41, 5.74) is 2.44. The molecule has 0 saturated heterocycles. The van der Waals surface area contributed by atoms with Gasteiger partial charge in [-0.3, -0.25) is 4.79 Å². The number of hydrogen-bond acceptors (Lipinski definition) is 4. The zero-order valence-corrected chi connectivity index (χ0v) is 16.7. The molecule has 0 saturated carbocycles. The molecule has 0 aliphatic heterocycles. The molecule has 1 heterocycles. The van der Waals surface area contributed by atoms with E-state index < -0.39 is 0 Å². The van der Waals surface area contributed by atoms with Gasteiger partial charge in [0, 0.05) is 29.8 Å². The number of methoxy groups -OCH3 is 1. The van der Waals surface area contributed by atoms with Crippen LogP contribution in [0.15, 0.2) is 53.6 Å². The van der Waals surface area contributed by atoms with E-state index >= 15 is 0 Å². The Balaban J connectivity index is 1.84. The van der Waals surface area contributed by atoms with Crippen LogP contribution < -0.4 is 5.32 Å². The van der Waals surface area contributed by atoms with E-state index in [1.54, 1.807) is 31.4 Å². The van der Waals surface area contributed by atoms with Crippen LogP contribution in [0.4, 0.5) is 4.39 Å². The van der Waals surface area contributed by atoms with Crippen molar-refractivity contribution in [1.29, 1.82) is 0 Å². The summed E-state index contributed by atoms with van der Waals surface area (Å²) in [5.74, 6) is 0.413. The molecule has 1 aromatic heterocycles. The summed E-state index contributed by atoms with van der Waals surface area (Å²) in [6.45, 7) is 0.922. The topological polar surface area (TPSA) is 67.0 Å². The fraction of sp³-hybridized carbons (Fsp3) is 0.200. The number of ether oxygens (including phenoxy) is 1. The maximum Gasteiger partial charge on any atom is 0.230 e.